The number of carbonyl (C=O) groups excluding carboxylic acids is 2. The summed E-state index contributed by atoms with van der Waals surface area (Å²) >= 11 is 6.03. The number of fused-ring (bicyclic) bond motifs is 3. The lowest BCUT2D eigenvalue weighted by atomic mass is 9.88. The number of nitrogens with two attached hydrogens (primary N) is 1. The van der Waals surface area contributed by atoms with Crippen LogP contribution in [-0.2, 0) is 22.7 Å². The number of aryl methyl sites for hydroxylation is 1. The van der Waals surface area contributed by atoms with Crippen LogP contribution in [0.2, 0.25) is 5.15 Å². The molecule has 0 spiro atoms. The molecule has 0 unspecified atom stereocenters. The van der Waals surface area contributed by atoms with E-state index in [1.165, 1.54) is 16.9 Å². The molecule has 3 N–H and O–H groups in total. The van der Waals surface area contributed by atoms with Crippen molar-refractivity contribution in [3.8, 4) is 16.9 Å². The molecular formula is C25H17ClF3N5O4S. The van der Waals surface area contributed by atoms with E-state index in [2.05, 4.69) is 15.4 Å². The molecule has 1 aliphatic carbocycles. The molecule has 1 aliphatic rings. The fourth-order valence-corrected chi connectivity index (χ4v) is 5.32. The van der Waals surface area contributed by atoms with E-state index in [0.29, 0.717) is 35.3 Å². The lowest BCUT2D eigenvalue weighted by Crippen LogP contribution is -2.23. The van der Waals surface area contributed by atoms with Crippen molar-refractivity contribution in [2.45, 2.75) is 23.2 Å². The number of nitrogens with one attached hydrogen (secondary N) is 1. The van der Waals surface area contributed by atoms with Gasteiger partial charge in [-0.05, 0) is 66.9 Å². The minimum atomic E-state index is -5.55. The zero-order valence-corrected chi connectivity index (χ0v) is 21.2. The molecular weight excluding hydrogens is 559 g/mol. The van der Waals surface area contributed by atoms with Gasteiger partial charge in [0.05, 0.1) is 21.8 Å². The topological polar surface area (TPSA) is 137 Å². The van der Waals surface area contributed by atoms with Gasteiger partial charge in [-0.3, -0.25) is 9.59 Å². The minimum absolute atomic E-state index is 0.0235. The van der Waals surface area contributed by atoms with Gasteiger partial charge in [0.15, 0.2) is 5.69 Å². The molecule has 2 heterocycles. The van der Waals surface area contributed by atoms with Gasteiger partial charge in [-0.25, -0.2) is 18.1 Å². The van der Waals surface area contributed by atoms with Crippen LogP contribution in [0.1, 0.15) is 32.0 Å². The van der Waals surface area contributed by atoms with Gasteiger partial charge >= 0.3 is 5.51 Å². The molecule has 9 nitrogen and oxygen atoms in total. The highest BCUT2D eigenvalue weighted by atomic mass is 35.5. The second-order valence-electron chi connectivity index (χ2n) is 8.56. The second-order valence-corrected chi connectivity index (χ2v) is 10.9. The number of carbonyl (C=O) groups is 2. The van der Waals surface area contributed by atoms with Crippen LogP contribution in [0.5, 0.6) is 0 Å². The maximum absolute atomic E-state index is 13.0. The van der Waals surface area contributed by atoms with E-state index < -0.39 is 32.1 Å². The fraction of sp³-hybridized carbons (Fsp3) is 0.120. The molecule has 0 radical (unpaired) electrons. The third-order valence-electron chi connectivity index (χ3n) is 6.18. The van der Waals surface area contributed by atoms with E-state index in [0.717, 1.165) is 29.8 Å². The maximum atomic E-state index is 13.0. The Morgan fingerprint density at radius 2 is 1.77 bits per heavy atom. The van der Waals surface area contributed by atoms with E-state index in [4.69, 9.17) is 17.3 Å². The lowest BCUT2D eigenvalue weighted by molar-refractivity contribution is -0.0436. The molecule has 39 heavy (non-hydrogen) atoms. The molecule has 200 valence electrons. The summed E-state index contributed by atoms with van der Waals surface area (Å²) in [6, 6.07) is 12.2. The molecule has 0 fully saturated rings. The van der Waals surface area contributed by atoms with Gasteiger partial charge in [-0.15, -0.1) is 0 Å². The quantitative estimate of drug-likeness (QED) is 0.340. The molecule has 2 aromatic heterocycles. The molecule has 0 saturated heterocycles. The van der Waals surface area contributed by atoms with Gasteiger partial charge in [0, 0.05) is 23.0 Å². The number of pyridine rings is 1. The zero-order chi connectivity index (χ0) is 28.1. The number of nitrogens with zero attached hydrogens (tertiary/aromatic N) is 3. The molecule has 0 aliphatic heterocycles. The summed E-state index contributed by atoms with van der Waals surface area (Å²) < 4.78 is 63.8. The van der Waals surface area contributed by atoms with Crippen molar-refractivity contribution in [3.05, 3.63) is 88.3 Å². The van der Waals surface area contributed by atoms with Crippen molar-refractivity contribution >= 4 is 38.9 Å². The number of amides is 2. The summed E-state index contributed by atoms with van der Waals surface area (Å²) in [5.41, 5.74) is 3.23. The Kier molecular flexibility index (Phi) is 6.43. The monoisotopic (exact) mass is 575 g/mol. The van der Waals surface area contributed by atoms with Crippen molar-refractivity contribution in [3.63, 3.8) is 0 Å². The first-order chi connectivity index (χ1) is 18.4. The van der Waals surface area contributed by atoms with Crippen LogP contribution in [0.15, 0.2) is 65.7 Å². The summed E-state index contributed by atoms with van der Waals surface area (Å²) in [7, 11) is -5.55. The van der Waals surface area contributed by atoms with Crippen molar-refractivity contribution in [1.82, 2.24) is 14.8 Å². The van der Waals surface area contributed by atoms with Crippen LogP contribution in [0.25, 0.3) is 16.9 Å². The van der Waals surface area contributed by atoms with E-state index in [9.17, 15) is 31.2 Å². The van der Waals surface area contributed by atoms with Gasteiger partial charge in [-0.1, -0.05) is 17.7 Å². The van der Waals surface area contributed by atoms with Crippen LogP contribution in [0.3, 0.4) is 0 Å². The standard InChI is InChI=1S/C25H17ClF3N5O4S/c26-22-18(2-1-11-31-22)24(36)32-14-5-3-13-4-10-17-20(23(30)35)33-34(21(17)19(13)12-14)15-6-8-16(9-7-15)39(37,38)25(27,28)29/h1-3,5-9,11-12H,4,10H2,(H2,30,35)(H,32,36). The average Bonchev–Trinajstić information content (AvgIpc) is 3.29. The number of sulfone groups is 1. The highest BCUT2D eigenvalue weighted by Crippen LogP contribution is 2.39. The zero-order valence-electron chi connectivity index (χ0n) is 19.7. The van der Waals surface area contributed by atoms with Crippen LogP contribution in [-0.4, -0.2) is 40.5 Å². The number of primary amides is 1. The smallest absolute Gasteiger partial charge is 0.364 e. The number of aromatic nitrogens is 3. The minimum Gasteiger partial charge on any atom is -0.364 e. The highest BCUT2D eigenvalue weighted by Gasteiger charge is 2.46. The van der Waals surface area contributed by atoms with Gasteiger partial charge in [0.2, 0.25) is 0 Å². The van der Waals surface area contributed by atoms with Crippen LogP contribution < -0.4 is 11.1 Å². The van der Waals surface area contributed by atoms with Crippen LogP contribution in [0, 0.1) is 0 Å². The van der Waals surface area contributed by atoms with Crippen LogP contribution in [0.4, 0.5) is 18.9 Å². The molecule has 0 saturated carbocycles. The molecule has 5 rings (SSSR count). The number of alkyl halides is 3. The van der Waals surface area contributed by atoms with Gasteiger partial charge in [0.1, 0.15) is 5.15 Å². The number of hydrogen-bond donors (Lipinski definition) is 2. The number of benzene rings is 2. The summed E-state index contributed by atoms with van der Waals surface area (Å²) in [5.74, 6) is -1.31. The van der Waals surface area contributed by atoms with E-state index in [-0.39, 0.29) is 22.1 Å². The molecule has 14 heteroatoms. The predicted octanol–water partition coefficient (Wildman–Crippen LogP) is 4.33. The van der Waals surface area contributed by atoms with Crippen LogP contribution >= 0.6 is 11.6 Å². The Bertz CT molecular complexity index is 1750. The van der Waals surface area contributed by atoms with Gasteiger partial charge in [0.25, 0.3) is 21.7 Å². The van der Waals surface area contributed by atoms with Gasteiger partial charge in [-0.2, -0.15) is 18.3 Å². The first-order valence-corrected chi connectivity index (χ1v) is 13.1. The Hall–Kier alpha value is -4.23. The first kappa shape index (κ1) is 26.4. The van der Waals surface area contributed by atoms with Crippen molar-refractivity contribution in [2.24, 2.45) is 5.73 Å². The van der Waals surface area contributed by atoms with Gasteiger partial charge < -0.3 is 11.1 Å². The number of hydrogen-bond acceptors (Lipinski definition) is 6. The van der Waals surface area contributed by atoms with Crippen molar-refractivity contribution in [1.29, 1.82) is 0 Å². The molecule has 0 atom stereocenters. The molecule has 2 amide bonds. The average molecular weight is 576 g/mol. The highest BCUT2D eigenvalue weighted by molar-refractivity contribution is 7.92. The summed E-state index contributed by atoms with van der Waals surface area (Å²) in [6.07, 6.45) is 2.37. The fourth-order valence-electron chi connectivity index (χ4n) is 4.35. The number of halogens is 4. The summed E-state index contributed by atoms with van der Waals surface area (Å²) in [4.78, 5) is 27.9. The molecule has 2 aromatic carbocycles. The Labute approximate surface area is 224 Å². The SMILES string of the molecule is NC(=O)c1nn(-c2ccc(S(=O)(=O)C(F)(F)F)cc2)c2c1CCc1ccc(NC(=O)c3cccnc3Cl)cc1-2. The third-order valence-corrected chi connectivity index (χ3v) is 7.99. The summed E-state index contributed by atoms with van der Waals surface area (Å²) in [6.45, 7) is 0. The molecule has 4 aromatic rings. The normalized spacial score (nSPS) is 12.9. The first-order valence-electron chi connectivity index (χ1n) is 11.3. The van der Waals surface area contributed by atoms with E-state index >= 15 is 0 Å². The Morgan fingerprint density at radius 3 is 2.41 bits per heavy atom. The third kappa shape index (κ3) is 4.63. The Morgan fingerprint density at radius 1 is 1.05 bits per heavy atom. The number of anilines is 1. The second kappa shape index (κ2) is 9.50. The van der Waals surface area contributed by atoms with E-state index in [1.54, 1.807) is 24.3 Å². The van der Waals surface area contributed by atoms with E-state index in [1.807, 2.05) is 0 Å². The predicted molar refractivity (Wildman–Crippen MR) is 135 cm³/mol. The van der Waals surface area contributed by atoms with Crippen molar-refractivity contribution in [2.75, 3.05) is 5.32 Å². The number of rotatable bonds is 5. The maximum Gasteiger partial charge on any atom is 0.501 e. The Balaban J connectivity index is 1.59. The van der Waals surface area contributed by atoms with Crippen molar-refractivity contribution < 1.29 is 31.2 Å². The lowest BCUT2D eigenvalue weighted by Gasteiger charge is -2.20. The summed E-state index contributed by atoms with van der Waals surface area (Å²) in [5, 5.41) is 7.08. The largest absolute Gasteiger partial charge is 0.501 e. The molecule has 0 bridgehead atoms.